The molecule has 0 amide bonds. The van der Waals surface area contributed by atoms with Crippen LogP contribution in [0.2, 0.25) is 5.02 Å². The number of aliphatic imine (C=N–C) groups is 1. The Hall–Kier alpha value is -2.15. The summed E-state index contributed by atoms with van der Waals surface area (Å²) in [4.78, 5) is 8.33. The summed E-state index contributed by atoms with van der Waals surface area (Å²) in [5.74, 6) is 0.781. The van der Waals surface area contributed by atoms with E-state index in [1.165, 1.54) is 12.4 Å². The van der Waals surface area contributed by atoms with E-state index < -0.39 is 6.55 Å². The highest BCUT2D eigenvalue weighted by atomic mass is 35.5. The van der Waals surface area contributed by atoms with Crippen LogP contribution in [0.25, 0.3) is 0 Å². The molecule has 0 spiro atoms. The number of nitrogens with zero attached hydrogens (tertiary/aromatic N) is 3. The zero-order chi connectivity index (χ0) is 16.7. The van der Waals surface area contributed by atoms with E-state index >= 15 is 0 Å². The zero-order valence-electron chi connectivity index (χ0n) is 12.6. The molecule has 0 unspecified atom stereocenters. The van der Waals surface area contributed by atoms with Crippen molar-refractivity contribution < 1.29 is 8.78 Å². The molecular weight excluding hydrogens is 324 g/mol. The van der Waals surface area contributed by atoms with E-state index in [4.69, 9.17) is 11.6 Å². The van der Waals surface area contributed by atoms with Crippen LogP contribution in [0.15, 0.2) is 41.7 Å². The standard InChI is InChI=1S/C15H18ClF2N5/c1-2-19-15(21-9-11-3-5-12(16)6-4-11)22-10-13-20-7-8-23(13)14(17)18/h3-8,14H,2,9-10H2,1H3,(H2,19,21,22). The van der Waals surface area contributed by atoms with Gasteiger partial charge in [0.1, 0.15) is 5.82 Å². The highest BCUT2D eigenvalue weighted by molar-refractivity contribution is 6.30. The van der Waals surface area contributed by atoms with Crippen molar-refractivity contribution in [2.45, 2.75) is 26.6 Å². The molecule has 2 rings (SSSR count). The average molecular weight is 342 g/mol. The molecule has 0 aliphatic heterocycles. The highest BCUT2D eigenvalue weighted by Crippen LogP contribution is 2.12. The van der Waals surface area contributed by atoms with Crippen LogP contribution in [-0.2, 0) is 13.1 Å². The van der Waals surface area contributed by atoms with Crippen LogP contribution < -0.4 is 10.6 Å². The maximum Gasteiger partial charge on any atom is 0.319 e. The highest BCUT2D eigenvalue weighted by Gasteiger charge is 2.11. The van der Waals surface area contributed by atoms with Crippen molar-refractivity contribution in [1.82, 2.24) is 20.2 Å². The molecule has 1 aromatic carbocycles. The molecule has 2 aromatic rings. The molecule has 23 heavy (non-hydrogen) atoms. The van der Waals surface area contributed by atoms with Crippen LogP contribution in [0.3, 0.4) is 0 Å². The van der Waals surface area contributed by atoms with Gasteiger partial charge in [-0.25, -0.2) is 9.98 Å². The molecule has 1 aromatic heterocycles. The summed E-state index contributed by atoms with van der Waals surface area (Å²) in [5.41, 5.74) is 1.00. The number of hydrogen-bond donors (Lipinski definition) is 2. The zero-order valence-corrected chi connectivity index (χ0v) is 13.4. The Morgan fingerprint density at radius 2 is 2.04 bits per heavy atom. The molecule has 0 saturated carbocycles. The first-order valence-corrected chi connectivity index (χ1v) is 7.54. The van der Waals surface area contributed by atoms with Crippen LogP contribution in [0, 0.1) is 0 Å². The molecule has 0 radical (unpaired) electrons. The Kier molecular flexibility index (Phi) is 6.34. The van der Waals surface area contributed by atoms with E-state index in [2.05, 4.69) is 20.6 Å². The van der Waals surface area contributed by atoms with Gasteiger partial charge < -0.3 is 10.6 Å². The number of imidazole rings is 1. The Balaban J connectivity index is 1.98. The Labute approximate surface area is 138 Å². The van der Waals surface area contributed by atoms with Gasteiger partial charge >= 0.3 is 6.55 Å². The molecule has 0 aliphatic carbocycles. The molecule has 0 atom stereocenters. The average Bonchev–Trinajstić information content (AvgIpc) is 3.00. The molecular formula is C15H18ClF2N5. The fourth-order valence-electron chi connectivity index (χ4n) is 1.92. The normalized spacial score (nSPS) is 11.8. The predicted octanol–water partition coefficient (Wildman–Crippen LogP) is 3.19. The first-order chi connectivity index (χ1) is 11.1. The van der Waals surface area contributed by atoms with Gasteiger partial charge in [0.05, 0.1) is 13.1 Å². The molecule has 1 heterocycles. The number of benzene rings is 1. The summed E-state index contributed by atoms with van der Waals surface area (Å²) in [6, 6.07) is 7.37. The fraction of sp³-hybridized carbons (Fsp3) is 0.333. The molecule has 124 valence electrons. The molecule has 5 nitrogen and oxygen atoms in total. The number of hydrogen-bond acceptors (Lipinski definition) is 2. The van der Waals surface area contributed by atoms with Crippen LogP contribution in [0.4, 0.5) is 8.78 Å². The quantitative estimate of drug-likeness (QED) is 0.626. The van der Waals surface area contributed by atoms with E-state index in [1.54, 1.807) is 12.1 Å². The lowest BCUT2D eigenvalue weighted by atomic mass is 10.2. The Morgan fingerprint density at radius 1 is 1.30 bits per heavy atom. The van der Waals surface area contributed by atoms with E-state index in [9.17, 15) is 8.78 Å². The summed E-state index contributed by atoms with van der Waals surface area (Å²) < 4.78 is 26.4. The first-order valence-electron chi connectivity index (χ1n) is 7.16. The van der Waals surface area contributed by atoms with Crippen molar-refractivity contribution in [3.05, 3.63) is 53.1 Å². The number of rotatable bonds is 6. The SMILES string of the molecule is CCNC(=NCc1ccc(Cl)cc1)NCc1nccn1C(F)F. The van der Waals surface area contributed by atoms with Gasteiger partial charge in [-0.3, -0.25) is 4.57 Å². The van der Waals surface area contributed by atoms with E-state index in [1.807, 2.05) is 19.1 Å². The van der Waals surface area contributed by atoms with E-state index in [0.29, 0.717) is 24.1 Å². The van der Waals surface area contributed by atoms with Crippen LogP contribution >= 0.6 is 11.6 Å². The van der Waals surface area contributed by atoms with Crippen LogP contribution in [-0.4, -0.2) is 22.1 Å². The molecule has 0 bridgehead atoms. The van der Waals surface area contributed by atoms with Gasteiger partial charge in [-0.2, -0.15) is 8.78 Å². The van der Waals surface area contributed by atoms with Crippen molar-refractivity contribution in [2.75, 3.05) is 6.54 Å². The largest absolute Gasteiger partial charge is 0.357 e. The summed E-state index contributed by atoms with van der Waals surface area (Å²) >= 11 is 5.84. The number of guanidine groups is 1. The second-order valence-electron chi connectivity index (χ2n) is 4.70. The first kappa shape index (κ1) is 17.2. The van der Waals surface area contributed by atoms with E-state index in [-0.39, 0.29) is 12.4 Å². The smallest absolute Gasteiger partial charge is 0.319 e. The third kappa shape index (κ3) is 5.21. The summed E-state index contributed by atoms with van der Waals surface area (Å²) in [6.07, 6.45) is 2.60. The lowest BCUT2D eigenvalue weighted by molar-refractivity contribution is 0.0668. The van der Waals surface area contributed by atoms with Crippen molar-refractivity contribution >= 4 is 17.6 Å². The predicted molar refractivity (Wildman–Crippen MR) is 86.6 cm³/mol. The van der Waals surface area contributed by atoms with Crippen LogP contribution in [0.1, 0.15) is 24.9 Å². The minimum Gasteiger partial charge on any atom is -0.357 e. The Bertz CT molecular complexity index is 640. The maximum absolute atomic E-state index is 12.8. The number of aromatic nitrogens is 2. The summed E-state index contributed by atoms with van der Waals surface area (Å²) in [5, 5.41) is 6.73. The minimum absolute atomic E-state index is 0.157. The van der Waals surface area contributed by atoms with Gasteiger partial charge in [-0.15, -0.1) is 0 Å². The molecule has 0 saturated heterocycles. The minimum atomic E-state index is -2.61. The van der Waals surface area contributed by atoms with Crippen molar-refractivity contribution in [2.24, 2.45) is 4.99 Å². The second kappa shape index (κ2) is 8.47. The number of alkyl halides is 2. The molecule has 0 aliphatic rings. The van der Waals surface area contributed by atoms with Crippen molar-refractivity contribution in [3.63, 3.8) is 0 Å². The summed E-state index contributed by atoms with van der Waals surface area (Å²) in [6.45, 7) is 0.595. The fourth-order valence-corrected chi connectivity index (χ4v) is 2.05. The maximum atomic E-state index is 12.8. The molecule has 8 heteroatoms. The third-order valence-corrected chi connectivity index (χ3v) is 3.30. The third-order valence-electron chi connectivity index (χ3n) is 3.05. The van der Waals surface area contributed by atoms with Gasteiger partial charge in [-0.05, 0) is 24.6 Å². The molecule has 0 fully saturated rings. The summed E-state index contributed by atoms with van der Waals surface area (Å²) in [7, 11) is 0. The second-order valence-corrected chi connectivity index (χ2v) is 5.14. The van der Waals surface area contributed by atoms with Gasteiger partial charge in [0.25, 0.3) is 0 Å². The van der Waals surface area contributed by atoms with Crippen molar-refractivity contribution in [3.8, 4) is 0 Å². The van der Waals surface area contributed by atoms with Gasteiger partial charge in [-0.1, -0.05) is 23.7 Å². The van der Waals surface area contributed by atoms with Crippen molar-refractivity contribution in [1.29, 1.82) is 0 Å². The molecule has 2 N–H and O–H groups in total. The monoisotopic (exact) mass is 341 g/mol. The van der Waals surface area contributed by atoms with Gasteiger partial charge in [0.15, 0.2) is 5.96 Å². The number of nitrogens with one attached hydrogen (secondary N) is 2. The van der Waals surface area contributed by atoms with Crippen LogP contribution in [0.5, 0.6) is 0 Å². The number of halogens is 3. The van der Waals surface area contributed by atoms with Gasteiger partial charge in [0.2, 0.25) is 0 Å². The Morgan fingerprint density at radius 3 is 2.70 bits per heavy atom. The topological polar surface area (TPSA) is 54.2 Å². The van der Waals surface area contributed by atoms with E-state index in [0.717, 1.165) is 10.1 Å². The van der Waals surface area contributed by atoms with Gasteiger partial charge in [0, 0.05) is 24.0 Å². The lowest BCUT2D eigenvalue weighted by Crippen LogP contribution is -2.37. The lowest BCUT2D eigenvalue weighted by Gasteiger charge is -2.12.